The summed E-state index contributed by atoms with van der Waals surface area (Å²) in [6, 6.07) is 76.2. The predicted molar refractivity (Wildman–Crippen MR) is 366 cm³/mol. The van der Waals surface area contributed by atoms with Gasteiger partial charge in [-0.25, -0.2) is 4.98 Å². The molecule has 0 unspecified atom stereocenters. The molecule has 0 amide bonds. The molecule has 0 spiro atoms. The molecule has 1 aliphatic rings. The van der Waals surface area contributed by atoms with Crippen molar-refractivity contribution >= 4 is 66.4 Å². The Bertz CT molecular complexity index is 5560. The predicted octanol–water partition coefficient (Wildman–Crippen LogP) is 21.8. The van der Waals surface area contributed by atoms with Gasteiger partial charge in [-0.2, -0.15) is 6.07 Å². The van der Waals surface area contributed by atoms with Crippen molar-refractivity contribution in [2.75, 3.05) is 9.80 Å². The Morgan fingerprint density at radius 2 is 0.978 bits per heavy atom. The molecule has 0 bridgehead atoms. The van der Waals surface area contributed by atoms with E-state index in [1.807, 2.05) is 114 Å². The van der Waals surface area contributed by atoms with Crippen LogP contribution in [0.25, 0.3) is 99.6 Å². The maximum Gasteiger partial charge on any atom is 0.143 e. The van der Waals surface area contributed by atoms with Gasteiger partial charge in [0, 0.05) is 106 Å². The fourth-order valence-corrected chi connectivity index (χ4v) is 12.3. The van der Waals surface area contributed by atoms with Crippen LogP contribution in [0.15, 0.2) is 291 Å². The van der Waals surface area contributed by atoms with Crippen LogP contribution in [0.5, 0.6) is 23.0 Å². The molecule has 0 saturated heterocycles. The molecule has 436 valence electrons. The van der Waals surface area contributed by atoms with E-state index in [-0.39, 0.29) is 49.0 Å². The molecule has 4 heterocycles. The number of anilines is 4. The molecule has 0 N–H and O–H groups in total. The number of pyridine rings is 1. The largest absolute Gasteiger partial charge is 0.509 e. The van der Waals surface area contributed by atoms with E-state index in [9.17, 15) is 5.48 Å². The zero-order valence-electron chi connectivity index (χ0n) is 58.9. The maximum atomic E-state index is 9.20. The number of aromatic nitrogens is 3. The number of rotatable bonds is 12. The molecule has 12 aromatic carbocycles. The number of benzene rings is 12. The average molecular weight is 1350 g/mol. The van der Waals surface area contributed by atoms with Gasteiger partial charge < -0.3 is 28.4 Å². The monoisotopic (exact) mass is 1350 g/mol. The molecule has 0 atom stereocenters. The van der Waals surface area contributed by atoms with Crippen molar-refractivity contribution in [1.82, 2.24) is 14.1 Å². The van der Waals surface area contributed by atoms with E-state index in [1.54, 1.807) is 36.0 Å². The molecule has 15 aromatic rings. The van der Waals surface area contributed by atoms with E-state index >= 15 is 0 Å². The summed E-state index contributed by atoms with van der Waals surface area (Å²) in [5, 5.41) is 4.21. The molecule has 1 aliphatic heterocycles. The Hall–Kier alpha value is -10.7. The topological polar surface area (TPSA) is 47.7 Å². The number of nitrogens with zero attached hydrogens (tertiary/aromatic N) is 5. The molecule has 0 saturated carbocycles. The summed E-state index contributed by atoms with van der Waals surface area (Å²) in [7, 11) is 0. The van der Waals surface area contributed by atoms with E-state index in [2.05, 4.69) is 139 Å². The van der Waals surface area contributed by atoms with Crippen LogP contribution in [0, 0.1) is 18.8 Å². The van der Waals surface area contributed by atoms with Gasteiger partial charge in [0.25, 0.3) is 0 Å². The van der Waals surface area contributed by atoms with Gasteiger partial charge in [0.05, 0.1) is 24.7 Å². The molecule has 90 heavy (non-hydrogen) atoms. The van der Waals surface area contributed by atoms with E-state index in [0.717, 1.165) is 71.6 Å². The van der Waals surface area contributed by atoms with Gasteiger partial charge in [-0.15, -0.1) is 53.6 Å². The molecule has 7 nitrogen and oxygen atoms in total. The molecule has 0 radical (unpaired) electrons. The molecular weight excluding hydrogens is 1280 g/mol. The molecule has 8 heteroatoms. The van der Waals surface area contributed by atoms with E-state index in [1.165, 1.54) is 0 Å². The summed E-state index contributed by atoms with van der Waals surface area (Å²) in [5.74, 6) is 2.56. The van der Waals surface area contributed by atoms with E-state index < -0.39 is 65.8 Å². The first-order chi connectivity index (χ1) is 47.9. The number of ether oxygens (including phenoxy) is 2. The van der Waals surface area contributed by atoms with Crippen molar-refractivity contribution in [3.05, 3.63) is 315 Å². The van der Waals surface area contributed by atoms with Crippen molar-refractivity contribution in [3.63, 3.8) is 0 Å². The number of hydrogen-bond acceptors (Lipinski definition) is 5. The Labute approximate surface area is 552 Å². The third-order valence-electron chi connectivity index (χ3n) is 16.4. The van der Waals surface area contributed by atoms with Crippen molar-refractivity contribution < 1.29 is 44.2 Å². The van der Waals surface area contributed by atoms with Crippen LogP contribution in [0.1, 0.15) is 40.0 Å². The summed E-state index contributed by atoms with van der Waals surface area (Å²) in [6.45, 7) is 8.07. The van der Waals surface area contributed by atoms with Crippen LogP contribution in [0.4, 0.5) is 22.7 Å². The fraction of sp³-hybridized carbons (Fsp3) is 0.0488. The van der Waals surface area contributed by atoms with Crippen molar-refractivity contribution in [3.8, 4) is 79.0 Å². The van der Waals surface area contributed by atoms with Crippen molar-refractivity contribution in [2.45, 2.75) is 26.2 Å². The SMILES string of the molecule is [2H]c1c([2H])c([2H])c(-c2cccc(-c3c([2H])c([2H])c([2H])c([2H])c3[2H])c2N2[CH-]N(c3[c-]c(Oc4[c-]c5c(cc4)c4ccccc4n5-c4cc(Oc5c(-c6ccccc6)cc(-n6c7ccccc7c7ccccc76)cc5-c5ccccc5)ccn4)cc(C(C)(C)C)c3)c3ccccc32)c([2H])c1[2H].[Pt]. The summed E-state index contributed by atoms with van der Waals surface area (Å²) >= 11 is 0. The maximum absolute atomic E-state index is 9.20. The summed E-state index contributed by atoms with van der Waals surface area (Å²) in [4.78, 5) is 8.71. The first-order valence-electron chi connectivity index (χ1n) is 34.3. The van der Waals surface area contributed by atoms with Crippen LogP contribution in [0.2, 0.25) is 0 Å². The van der Waals surface area contributed by atoms with Gasteiger partial charge in [0.2, 0.25) is 0 Å². The van der Waals surface area contributed by atoms with E-state index in [4.69, 9.17) is 22.7 Å². The molecular formula is C82H58N5O2Pt-3. The Balaban J connectivity index is 0.00000812. The van der Waals surface area contributed by atoms with Crippen LogP contribution in [-0.4, -0.2) is 14.1 Å². The van der Waals surface area contributed by atoms with Gasteiger partial charge in [-0.3, -0.25) is 0 Å². The summed E-state index contributed by atoms with van der Waals surface area (Å²) in [6.07, 6.45) is 1.76. The normalized spacial score (nSPS) is 13.8. The third-order valence-corrected chi connectivity index (χ3v) is 16.4. The minimum atomic E-state index is -0.576. The number of fused-ring (bicyclic) bond motifs is 7. The Morgan fingerprint density at radius 3 is 1.57 bits per heavy atom. The minimum absolute atomic E-state index is 0. The Kier molecular flexibility index (Phi) is 11.7. The zero-order valence-corrected chi connectivity index (χ0v) is 51.2. The quantitative estimate of drug-likeness (QED) is 0.114. The molecule has 3 aromatic heterocycles. The average Bonchev–Trinajstić information content (AvgIpc) is 1.48. The Morgan fingerprint density at radius 1 is 0.444 bits per heavy atom. The van der Waals surface area contributed by atoms with Crippen LogP contribution >= 0.6 is 0 Å². The van der Waals surface area contributed by atoms with Crippen molar-refractivity contribution in [1.29, 1.82) is 0 Å². The van der Waals surface area contributed by atoms with Crippen molar-refractivity contribution in [2.24, 2.45) is 0 Å². The van der Waals surface area contributed by atoms with Gasteiger partial charge >= 0.3 is 0 Å². The van der Waals surface area contributed by atoms with Gasteiger partial charge in [0.15, 0.2) is 0 Å². The van der Waals surface area contributed by atoms with Crippen LogP contribution in [0.3, 0.4) is 0 Å². The molecule has 0 aliphatic carbocycles. The number of hydrogen-bond donors (Lipinski definition) is 0. The molecule has 16 rings (SSSR count). The first kappa shape index (κ1) is 45.5. The van der Waals surface area contributed by atoms with Crippen LogP contribution in [-0.2, 0) is 26.5 Å². The fourth-order valence-electron chi connectivity index (χ4n) is 12.3. The summed E-state index contributed by atoms with van der Waals surface area (Å²) < 4.78 is 107. The first-order valence-corrected chi connectivity index (χ1v) is 29.3. The zero-order chi connectivity index (χ0) is 68.3. The third kappa shape index (κ3) is 9.98. The summed E-state index contributed by atoms with van der Waals surface area (Å²) in [5.41, 5.74) is 11.0. The van der Waals surface area contributed by atoms with Gasteiger partial charge in [-0.1, -0.05) is 232 Å². The second kappa shape index (κ2) is 23.1. The second-order valence-corrected chi connectivity index (χ2v) is 22.9. The standard InChI is InChI=1S/C82H58N5O2.Pt/c1-82(2,3)59-47-60(84-54-85(77-42-23-22-41-76(77)84)80-65(55-25-8-4-9-26-55)36-24-37-66(80)56-27-10-5-11-28-56)49-64(48-59)88-62-43-44-70-69-35-18-21-40-75(69)87(78(70)52-62)79-53-63(45-46-83-79)89-81-71(57-29-12-6-13-30-57)50-61(51-72(81)58-31-14-7-15-32-58)86-73-38-19-16-33-67(73)68-34-17-20-39-74(68)86;/h4-48,50-51,53-54H,1-3H3;/q-3;/i4D,5D,8D,9D,10D,11D,25D,26D,27D,28D;. The van der Waals surface area contributed by atoms with E-state index in [0.29, 0.717) is 51.4 Å². The smallest absolute Gasteiger partial charge is 0.143 e. The van der Waals surface area contributed by atoms with Crippen LogP contribution < -0.4 is 19.3 Å². The van der Waals surface area contributed by atoms with Gasteiger partial charge in [-0.05, 0) is 81.6 Å². The number of para-hydroxylation sites is 6. The minimum Gasteiger partial charge on any atom is -0.509 e. The second-order valence-electron chi connectivity index (χ2n) is 22.9. The van der Waals surface area contributed by atoms with Gasteiger partial charge in [0.1, 0.15) is 17.3 Å². The molecule has 0 fully saturated rings.